The molecule has 4 nitrogen and oxygen atoms in total. The van der Waals surface area contributed by atoms with Crippen LogP contribution in [0.4, 0.5) is 0 Å². The number of nitrogens with two attached hydrogens (primary N) is 1. The Morgan fingerprint density at radius 3 is 2.60 bits per heavy atom. The lowest BCUT2D eigenvalue weighted by Gasteiger charge is -2.15. The number of phenols is 1. The first-order valence-corrected chi connectivity index (χ1v) is 5.68. The third-order valence-corrected chi connectivity index (χ3v) is 3.42. The molecule has 4 N–H and O–H groups in total. The molecule has 1 aromatic carbocycles. The molecule has 0 saturated carbocycles. The molecule has 0 aliphatic rings. The predicted molar refractivity (Wildman–Crippen MR) is 68.2 cm³/mol. The molecule has 1 unspecified atom stereocenters. The number of aromatic hydroxyl groups is 1. The molecular weight excluding hydrogens is 329 g/mol. The maximum absolute atomic E-state index is 10.6. The third kappa shape index (κ3) is 2.99. The van der Waals surface area contributed by atoms with Crippen LogP contribution in [0.2, 0.25) is 0 Å². The minimum absolute atomic E-state index is 0.156. The summed E-state index contributed by atoms with van der Waals surface area (Å²) < 4.78 is 0.640. The summed E-state index contributed by atoms with van der Waals surface area (Å²) in [6, 6.07) is 3.71. The van der Waals surface area contributed by atoms with Crippen LogP contribution in [0.15, 0.2) is 18.2 Å². The van der Waals surface area contributed by atoms with Gasteiger partial charge in [-0.15, -0.1) is 0 Å². The normalized spacial score (nSPS) is 14.6. The van der Waals surface area contributed by atoms with Gasteiger partial charge in [-0.3, -0.25) is 4.79 Å². The average molecular weight is 339 g/mol. The fraction of sp³-hybridized carbons (Fsp3) is 0.222. The van der Waals surface area contributed by atoms with Crippen LogP contribution >= 0.6 is 35.2 Å². The second kappa shape index (κ2) is 5.04. The quantitative estimate of drug-likeness (QED) is 0.495. The van der Waals surface area contributed by atoms with Crippen molar-refractivity contribution >= 4 is 41.2 Å². The summed E-state index contributed by atoms with van der Waals surface area (Å²) in [7, 11) is 0. The largest absolute Gasteiger partial charge is 0.507 e. The summed E-state index contributed by atoms with van der Waals surface area (Å²) in [5.41, 5.74) is 6.12. The first-order valence-electron chi connectivity index (χ1n) is 4.08. The number of rotatable bonds is 3. The Kier molecular flexibility index (Phi) is 4.23. The summed E-state index contributed by atoms with van der Waals surface area (Å²) in [6.07, 6.45) is 0. The topological polar surface area (TPSA) is 83.6 Å². The molecule has 0 aliphatic heterocycles. The number of thiol groups is 1. The molecule has 2 atom stereocenters. The number of carboxylic acids is 1. The van der Waals surface area contributed by atoms with Crippen LogP contribution in [0.25, 0.3) is 0 Å². The Balaban J connectivity index is 2.96. The van der Waals surface area contributed by atoms with Crippen molar-refractivity contribution in [3.8, 4) is 5.75 Å². The highest BCUT2D eigenvalue weighted by Gasteiger charge is 2.22. The van der Waals surface area contributed by atoms with Gasteiger partial charge >= 0.3 is 5.97 Å². The van der Waals surface area contributed by atoms with Gasteiger partial charge in [0, 0.05) is 0 Å². The zero-order chi connectivity index (χ0) is 11.6. The Hall–Kier alpha value is -0.470. The van der Waals surface area contributed by atoms with Gasteiger partial charge in [-0.25, -0.2) is 0 Å². The molecule has 0 aliphatic carbocycles. The van der Waals surface area contributed by atoms with Gasteiger partial charge in [-0.05, 0) is 40.3 Å². The fourth-order valence-electron chi connectivity index (χ4n) is 1.05. The van der Waals surface area contributed by atoms with Crippen LogP contribution in [0.5, 0.6) is 5.75 Å². The molecule has 1 rings (SSSR count). The van der Waals surface area contributed by atoms with Gasteiger partial charge in [0.1, 0.15) is 11.8 Å². The van der Waals surface area contributed by atoms with Crippen molar-refractivity contribution in [2.24, 2.45) is 5.73 Å². The van der Waals surface area contributed by atoms with E-state index in [1.165, 1.54) is 6.07 Å². The molecule has 0 amide bonds. The zero-order valence-electron chi connectivity index (χ0n) is 7.59. The van der Waals surface area contributed by atoms with Crippen molar-refractivity contribution in [3.05, 3.63) is 27.3 Å². The first kappa shape index (κ1) is 12.6. The van der Waals surface area contributed by atoms with Crippen LogP contribution in [0.3, 0.4) is 0 Å². The standard InChI is InChI=1S/C9H10INO3S/c10-5-3-4(1-2-6(5)12)8(15)7(11)9(13)14/h1-3,7-8,12,15H,11H2,(H,13,14)/t7-,8?/m0/s1. The molecule has 0 spiro atoms. The summed E-state index contributed by atoms with van der Waals surface area (Å²) in [6.45, 7) is 0. The maximum atomic E-state index is 10.6. The molecule has 0 bridgehead atoms. The second-order valence-corrected chi connectivity index (χ2v) is 4.74. The van der Waals surface area contributed by atoms with Gasteiger partial charge in [0.05, 0.1) is 8.82 Å². The Labute approximate surface area is 106 Å². The Bertz CT molecular complexity index is 386. The number of halogens is 1. The third-order valence-electron chi connectivity index (χ3n) is 1.94. The Morgan fingerprint density at radius 2 is 2.13 bits per heavy atom. The van der Waals surface area contributed by atoms with E-state index in [-0.39, 0.29) is 5.75 Å². The molecule has 0 saturated heterocycles. The highest BCUT2D eigenvalue weighted by atomic mass is 127. The lowest BCUT2D eigenvalue weighted by Crippen LogP contribution is -2.34. The van der Waals surface area contributed by atoms with E-state index in [9.17, 15) is 9.90 Å². The average Bonchev–Trinajstić information content (AvgIpc) is 2.19. The van der Waals surface area contributed by atoms with Crippen molar-refractivity contribution in [1.82, 2.24) is 0 Å². The molecule has 1 aromatic rings. The van der Waals surface area contributed by atoms with Crippen molar-refractivity contribution in [2.75, 3.05) is 0 Å². The SMILES string of the molecule is N[C@H](C(=O)O)C(S)c1ccc(O)c(I)c1. The molecule has 0 radical (unpaired) electrons. The highest BCUT2D eigenvalue weighted by Crippen LogP contribution is 2.28. The van der Waals surface area contributed by atoms with Gasteiger partial charge < -0.3 is 15.9 Å². The highest BCUT2D eigenvalue weighted by molar-refractivity contribution is 14.1. The Morgan fingerprint density at radius 1 is 1.53 bits per heavy atom. The minimum atomic E-state index is -1.10. The van der Waals surface area contributed by atoms with Gasteiger partial charge in [-0.1, -0.05) is 6.07 Å². The number of phenolic OH excluding ortho intramolecular Hbond substituents is 1. The van der Waals surface area contributed by atoms with E-state index in [1.807, 2.05) is 22.6 Å². The summed E-state index contributed by atoms with van der Waals surface area (Å²) in [5, 5.41) is 17.4. The lowest BCUT2D eigenvalue weighted by atomic mass is 10.1. The lowest BCUT2D eigenvalue weighted by molar-refractivity contribution is -0.138. The molecule has 82 valence electrons. The number of carboxylic acid groups (broad SMARTS) is 1. The molecule has 6 heteroatoms. The van der Waals surface area contributed by atoms with Crippen molar-refractivity contribution in [1.29, 1.82) is 0 Å². The number of hydrogen-bond acceptors (Lipinski definition) is 4. The first-order chi connectivity index (χ1) is 6.93. The van der Waals surface area contributed by atoms with Gasteiger partial charge in [-0.2, -0.15) is 12.6 Å². The van der Waals surface area contributed by atoms with E-state index >= 15 is 0 Å². The molecular formula is C9H10INO3S. The van der Waals surface area contributed by atoms with Crippen LogP contribution in [-0.2, 0) is 4.79 Å². The van der Waals surface area contributed by atoms with E-state index in [1.54, 1.807) is 12.1 Å². The monoisotopic (exact) mass is 339 g/mol. The van der Waals surface area contributed by atoms with E-state index in [0.29, 0.717) is 9.13 Å². The van der Waals surface area contributed by atoms with Gasteiger partial charge in [0.25, 0.3) is 0 Å². The van der Waals surface area contributed by atoms with Crippen molar-refractivity contribution in [3.63, 3.8) is 0 Å². The van der Waals surface area contributed by atoms with Crippen LogP contribution in [0, 0.1) is 3.57 Å². The molecule has 0 heterocycles. The fourth-order valence-corrected chi connectivity index (χ4v) is 1.88. The summed E-state index contributed by atoms with van der Waals surface area (Å²) in [4.78, 5) is 10.6. The maximum Gasteiger partial charge on any atom is 0.321 e. The summed E-state index contributed by atoms with van der Waals surface area (Å²) >= 11 is 6.10. The second-order valence-electron chi connectivity index (χ2n) is 3.02. The number of benzene rings is 1. The van der Waals surface area contributed by atoms with Crippen LogP contribution in [0.1, 0.15) is 10.8 Å². The number of hydrogen-bond donors (Lipinski definition) is 4. The zero-order valence-corrected chi connectivity index (χ0v) is 10.6. The van der Waals surface area contributed by atoms with Gasteiger partial charge in [0.2, 0.25) is 0 Å². The van der Waals surface area contributed by atoms with E-state index in [4.69, 9.17) is 10.8 Å². The van der Waals surface area contributed by atoms with Crippen molar-refractivity contribution in [2.45, 2.75) is 11.3 Å². The molecule has 0 aromatic heterocycles. The van der Waals surface area contributed by atoms with E-state index in [0.717, 1.165) is 0 Å². The molecule has 0 fully saturated rings. The smallest absolute Gasteiger partial charge is 0.321 e. The number of aliphatic carboxylic acids is 1. The summed E-state index contributed by atoms with van der Waals surface area (Å²) in [5.74, 6) is -0.943. The predicted octanol–water partition coefficient (Wildman–Crippen LogP) is 1.38. The molecule has 15 heavy (non-hydrogen) atoms. The van der Waals surface area contributed by atoms with Crippen molar-refractivity contribution < 1.29 is 15.0 Å². The van der Waals surface area contributed by atoms with Crippen LogP contribution < -0.4 is 5.73 Å². The van der Waals surface area contributed by atoms with E-state index in [2.05, 4.69) is 12.6 Å². The minimum Gasteiger partial charge on any atom is -0.507 e. The van der Waals surface area contributed by atoms with E-state index < -0.39 is 17.3 Å². The van der Waals surface area contributed by atoms with Crippen LogP contribution in [-0.4, -0.2) is 22.2 Å². The van der Waals surface area contributed by atoms with Gasteiger partial charge in [0.15, 0.2) is 0 Å². The number of carbonyl (C=O) groups is 1.